The molecule has 0 atom stereocenters. The number of nitrogens with one attached hydrogen (secondary N) is 2. The fourth-order valence-corrected chi connectivity index (χ4v) is 1.62. The smallest absolute Gasteiger partial charge is 0.326 e. The van der Waals surface area contributed by atoms with Gasteiger partial charge < -0.3 is 14.8 Å². The Bertz CT molecular complexity index is 574. The molecule has 84 valence electrons. The van der Waals surface area contributed by atoms with Crippen molar-refractivity contribution in [1.82, 2.24) is 9.97 Å². The van der Waals surface area contributed by atoms with Gasteiger partial charge in [-0.3, -0.25) is 4.98 Å². The van der Waals surface area contributed by atoms with Gasteiger partial charge in [-0.25, -0.2) is 4.79 Å². The zero-order valence-corrected chi connectivity index (χ0v) is 9.13. The molecule has 0 saturated heterocycles. The molecule has 0 aliphatic heterocycles. The maximum Gasteiger partial charge on any atom is 0.326 e. The van der Waals surface area contributed by atoms with Crippen molar-refractivity contribution in [2.75, 3.05) is 7.11 Å². The zero-order valence-electron chi connectivity index (χ0n) is 8.37. The van der Waals surface area contributed by atoms with E-state index in [1.54, 1.807) is 18.2 Å². The van der Waals surface area contributed by atoms with Gasteiger partial charge in [-0.1, -0.05) is 11.6 Å². The van der Waals surface area contributed by atoms with Gasteiger partial charge in [0.25, 0.3) is 0 Å². The molecule has 0 aliphatic carbocycles. The lowest BCUT2D eigenvalue weighted by atomic mass is 10.1. The van der Waals surface area contributed by atoms with Crippen LogP contribution in [0.2, 0.25) is 5.02 Å². The monoisotopic (exact) mass is 240 g/mol. The lowest BCUT2D eigenvalue weighted by molar-refractivity contribution is 0.415. The molecule has 0 radical (unpaired) electrons. The average molecular weight is 241 g/mol. The SMILES string of the molecule is COc1ccc(Cl)cc1-c1[nH]c(=O)[nH]c1O. The Balaban J connectivity index is 2.67. The lowest BCUT2D eigenvalue weighted by Crippen LogP contribution is -2.00. The molecule has 0 saturated carbocycles. The fraction of sp³-hybridized carbons (Fsp3) is 0.100. The van der Waals surface area contributed by atoms with Crippen molar-refractivity contribution in [3.63, 3.8) is 0 Å². The predicted octanol–water partition coefficient (Wildman–Crippen LogP) is 1.74. The number of aromatic hydroxyl groups is 1. The molecular formula is C10H9ClN2O3. The molecule has 2 rings (SSSR count). The number of hydrogen-bond acceptors (Lipinski definition) is 3. The minimum absolute atomic E-state index is 0.245. The molecule has 1 heterocycles. The van der Waals surface area contributed by atoms with Gasteiger partial charge in [-0.2, -0.15) is 0 Å². The first-order valence-electron chi connectivity index (χ1n) is 4.47. The van der Waals surface area contributed by atoms with Crippen molar-refractivity contribution in [3.8, 4) is 22.9 Å². The summed E-state index contributed by atoms with van der Waals surface area (Å²) in [5.41, 5.74) is 0.282. The second-order valence-electron chi connectivity index (χ2n) is 3.15. The van der Waals surface area contributed by atoms with Gasteiger partial charge in [0.2, 0.25) is 5.88 Å². The number of imidazole rings is 1. The van der Waals surface area contributed by atoms with Crippen LogP contribution in [0, 0.1) is 0 Å². The molecule has 1 aromatic heterocycles. The van der Waals surface area contributed by atoms with Crippen LogP contribution in [0.15, 0.2) is 23.0 Å². The van der Waals surface area contributed by atoms with Crippen molar-refractivity contribution in [2.45, 2.75) is 0 Å². The maximum absolute atomic E-state index is 11.0. The van der Waals surface area contributed by atoms with E-state index in [1.807, 2.05) is 0 Å². The molecule has 16 heavy (non-hydrogen) atoms. The van der Waals surface area contributed by atoms with Crippen molar-refractivity contribution in [3.05, 3.63) is 33.7 Å². The van der Waals surface area contributed by atoms with Crippen LogP contribution in [0.4, 0.5) is 0 Å². The minimum Gasteiger partial charge on any atom is -0.496 e. The molecule has 0 aliphatic rings. The molecular weight excluding hydrogens is 232 g/mol. The van der Waals surface area contributed by atoms with Gasteiger partial charge in [-0.15, -0.1) is 0 Å². The Labute approximate surface area is 95.7 Å². The topological polar surface area (TPSA) is 78.1 Å². The first-order valence-corrected chi connectivity index (χ1v) is 4.85. The second kappa shape index (κ2) is 3.94. The molecule has 0 spiro atoms. The minimum atomic E-state index is -0.491. The van der Waals surface area contributed by atoms with Gasteiger partial charge in [-0.05, 0) is 18.2 Å². The van der Waals surface area contributed by atoms with Gasteiger partial charge in [0.1, 0.15) is 11.4 Å². The Kier molecular flexibility index (Phi) is 2.62. The average Bonchev–Trinajstić information content (AvgIpc) is 2.57. The van der Waals surface area contributed by atoms with Gasteiger partial charge in [0.15, 0.2) is 0 Å². The molecule has 5 nitrogen and oxygen atoms in total. The van der Waals surface area contributed by atoms with Crippen molar-refractivity contribution in [2.24, 2.45) is 0 Å². The number of aromatic amines is 2. The van der Waals surface area contributed by atoms with Gasteiger partial charge in [0.05, 0.1) is 7.11 Å². The van der Waals surface area contributed by atoms with Crippen LogP contribution in [0.25, 0.3) is 11.3 Å². The summed E-state index contributed by atoms with van der Waals surface area (Å²) in [6.45, 7) is 0. The molecule has 0 amide bonds. The number of ether oxygens (including phenoxy) is 1. The van der Waals surface area contributed by atoms with E-state index >= 15 is 0 Å². The number of halogens is 1. The summed E-state index contributed by atoms with van der Waals surface area (Å²) >= 11 is 5.84. The van der Waals surface area contributed by atoms with Crippen LogP contribution in [0.5, 0.6) is 11.6 Å². The van der Waals surface area contributed by atoms with E-state index in [1.165, 1.54) is 7.11 Å². The number of benzene rings is 1. The van der Waals surface area contributed by atoms with Crippen molar-refractivity contribution >= 4 is 11.6 Å². The van der Waals surface area contributed by atoms with Crippen LogP contribution >= 0.6 is 11.6 Å². The maximum atomic E-state index is 11.0. The molecule has 0 unspecified atom stereocenters. The molecule has 6 heteroatoms. The summed E-state index contributed by atoms with van der Waals surface area (Å²) < 4.78 is 5.11. The van der Waals surface area contributed by atoms with E-state index in [-0.39, 0.29) is 11.6 Å². The third-order valence-corrected chi connectivity index (χ3v) is 2.37. The highest BCUT2D eigenvalue weighted by Gasteiger charge is 2.13. The van der Waals surface area contributed by atoms with Crippen LogP contribution in [0.3, 0.4) is 0 Å². The molecule has 0 fully saturated rings. The van der Waals surface area contributed by atoms with Crippen molar-refractivity contribution < 1.29 is 9.84 Å². The summed E-state index contributed by atoms with van der Waals surface area (Å²) in [6, 6.07) is 4.91. The quantitative estimate of drug-likeness (QED) is 0.748. The van der Waals surface area contributed by atoms with E-state index in [2.05, 4.69) is 9.97 Å². The Morgan fingerprint density at radius 1 is 1.38 bits per heavy atom. The predicted molar refractivity (Wildman–Crippen MR) is 60.1 cm³/mol. The van der Waals surface area contributed by atoms with Gasteiger partial charge >= 0.3 is 5.69 Å². The summed E-state index contributed by atoms with van der Waals surface area (Å²) in [5, 5.41) is 9.99. The summed E-state index contributed by atoms with van der Waals surface area (Å²) in [4.78, 5) is 15.7. The first-order chi connectivity index (χ1) is 7.61. The highest BCUT2D eigenvalue weighted by molar-refractivity contribution is 6.31. The van der Waals surface area contributed by atoms with Gasteiger partial charge in [0, 0.05) is 10.6 Å². The summed E-state index contributed by atoms with van der Waals surface area (Å²) in [5.74, 6) is 0.264. The highest BCUT2D eigenvalue weighted by Crippen LogP contribution is 2.34. The Morgan fingerprint density at radius 3 is 2.69 bits per heavy atom. The normalized spacial score (nSPS) is 10.4. The highest BCUT2D eigenvalue weighted by atomic mass is 35.5. The zero-order chi connectivity index (χ0) is 11.7. The lowest BCUT2D eigenvalue weighted by Gasteiger charge is -2.07. The molecule has 1 aromatic carbocycles. The summed E-state index contributed by atoms with van der Waals surface area (Å²) in [6.07, 6.45) is 0. The van der Waals surface area contributed by atoms with E-state index in [0.29, 0.717) is 16.3 Å². The number of aromatic nitrogens is 2. The van der Waals surface area contributed by atoms with E-state index in [0.717, 1.165) is 0 Å². The van der Waals surface area contributed by atoms with Crippen LogP contribution < -0.4 is 10.4 Å². The number of H-pyrrole nitrogens is 2. The molecule has 0 bridgehead atoms. The van der Waals surface area contributed by atoms with E-state index in [9.17, 15) is 9.90 Å². The van der Waals surface area contributed by atoms with E-state index < -0.39 is 5.69 Å². The first kappa shape index (κ1) is 10.6. The van der Waals surface area contributed by atoms with Crippen LogP contribution in [-0.4, -0.2) is 22.2 Å². The third kappa shape index (κ3) is 1.77. The van der Waals surface area contributed by atoms with Crippen LogP contribution in [0.1, 0.15) is 0 Å². The number of rotatable bonds is 2. The fourth-order valence-electron chi connectivity index (χ4n) is 1.44. The molecule has 2 aromatic rings. The number of methoxy groups -OCH3 is 1. The van der Waals surface area contributed by atoms with Crippen LogP contribution in [-0.2, 0) is 0 Å². The standard InChI is InChI=1S/C10H9ClN2O3/c1-16-7-3-2-5(11)4-6(7)8-9(14)13-10(15)12-8/h2-4,14H,1H3,(H2,12,13,15). The Hall–Kier alpha value is -1.88. The number of hydrogen-bond donors (Lipinski definition) is 3. The second-order valence-corrected chi connectivity index (χ2v) is 3.58. The Morgan fingerprint density at radius 2 is 2.12 bits per heavy atom. The van der Waals surface area contributed by atoms with E-state index in [4.69, 9.17) is 16.3 Å². The largest absolute Gasteiger partial charge is 0.496 e. The van der Waals surface area contributed by atoms with Crippen molar-refractivity contribution in [1.29, 1.82) is 0 Å². The third-order valence-electron chi connectivity index (χ3n) is 2.14. The molecule has 3 N–H and O–H groups in total. The summed E-state index contributed by atoms with van der Waals surface area (Å²) in [7, 11) is 1.49.